The number of alkyl halides is 13. The first-order valence-corrected chi connectivity index (χ1v) is 9.43. The molecule has 0 bridgehead atoms. The second-order valence-corrected chi connectivity index (χ2v) is 8.37. The van der Waals surface area contributed by atoms with Gasteiger partial charge in [0.05, 0.1) is 6.42 Å². The van der Waals surface area contributed by atoms with E-state index in [1.165, 1.54) is 30.3 Å². The van der Waals surface area contributed by atoms with Gasteiger partial charge in [0.25, 0.3) is 0 Å². The van der Waals surface area contributed by atoms with Crippen LogP contribution in [-0.2, 0) is 16.1 Å². The first-order valence-electron chi connectivity index (χ1n) is 8.35. The second kappa shape index (κ2) is 8.96. The minimum Gasteiger partial charge on any atom is -0.459 e. The summed E-state index contributed by atoms with van der Waals surface area (Å²) in [5, 5.41) is 9.73. The Morgan fingerprint density at radius 1 is 0.818 bits per heavy atom. The molecule has 0 aliphatic rings. The Labute approximate surface area is 191 Å². The molecule has 0 heterocycles. The molecule has 3 nitrogen and oxygen atoms in total. The normalized spacial score (nSPS) is 16.3. The average Bonchev–Trinajstić information content (AvgIpc) is 2.64. The highest BCUT2D eigenvalue weighted by Gasteiger charge is 2.90. The summed E-state index contributed by atoms with van der Waals surface area (Å²) in [4.78, 5) is 11.8. The zero-order valence-electron chi connectivity index (χ0n) is 16.0. The SMILES string of the molecule is CC(O)(CC(F)(F)C(F)(F)C(F)(F)C(F)(F)C(F)(F)C(F)(F)I)C(=O)OCc1ccccc1. The predicted molar refractivity (Wildman–Crippen MR) is 95.2 cm³/mol. The Morgan fingerprint density at radius 3 is 1.67 bits per heavy atom. The summed E-state index contributed by atoms with van der Waals surface area (Å²) < 4.78 is 160. The molecule has 0 amide bonds. The lowest BCUT2D eigenvalue weighted by atomic mass is 9.88. The number of hydrogen-bond acceptors (Lipinski definition) is 3. The van der Waals surface area contributed by atoms with Crippen LogP contribution < -0.4 is 0 Å². The molecule has 0 fully saturated rings. The Bertz CT molecular complexity index is 837. The zero-order valence-corrected chi connectivity index (χ0v) is 18.1. The van der Waals surface area contributed by atoms with Crippen molar-refractivity contribution in [1.29, 1.82) is 0 Å². The van der Waals surface area contributed by atoms with Gasteiger partial charge in [0.15, 0.2) is 5.60 Å². The summed E-state index contributed by atoms with van der Waals surface area (Å²) in [6.07, 6.45) is -3.02. The van der Waals surface area contributed by atoms with E-state index in [1.807, 2.05) is 0 Å². The van der Waals surface area contributed by atoms with E-state index in [1.54, 1.807) is 0 Å². The summed E-state index contributed by atoms with van der Waals surface area (Å²) in [6.45, 7) is -0.642. The van der Waals surface area contributed by atoms with E-state index in [-0.39, 0.29) is 12.5 Å². The van der Waals surface area contributed by atoms with Crippen molar-refractivity contribution in [2.45, 2.75) is 59.1 Å². The number of esters is 1. The van der Waals surface area contributed by atoms with Gasteiger partial charge in [0.1, 0.15) is 6.61 Å². The monoisotopic (exact) mass is 620 g/mol. The van der Waals surface area contributed by atoms with Crippen molar-refractivity contribution in [2.75, 3.05) is 0 Å². The topological polar surface area (TPSA) is 46.5 Å². The molecule has 0 saturated heterocycles. The fourth-order valence-electron chi connectivity index (χ4n) is 2.30. The molecule has 33 heavy (non-hydrogen) atoms. The Kier molecular flexibility index (Phi) is 8.03. The molecule has 1 unspecified atom stereocenters. The van der Waals surface area contributed by atoms with Crippen molar-refractivity contribution in [2.24, 2.45) is 0 Å². The molecule has 16 heteroatoms. The highest BCUT2D eigenvalue weighted by Crippen LogP contribution is 2.61. The van der Waals surface area contributed by atoms with Gasteiger partial charge in [-0.05, 0) is 12.5 Å². The van der Waals surface area contributed by atoms with Crippen LogP contribution >= 0.6 is 22.6 Å². The van der Waals surface area contributed by atoms with Gasteiger partial charge in [-0.1, -0.05) is 30.3 Å². The quantitative estimate of drug-likeness (QED) is 0.150. The summed E-state index contributed by atoms with van der Waals surface area (Å²) in [6, 6.07) is 7.02. The highest BCUT2D eigenvalue weighted by molar-refractivity contribution is 14.1. The standard InChI is InChI=1S/C17H13F12IO3/c1-11(32,10(31)33-7-9-5-3-2-4-6-9)8-12(18,19)13(20,21)14(22,23)15(24,25)16(26,27)17(28,29)30/h2-6,32H,7-8H2,1H3. The molecule has 0 radical (unpaired) electrons. The summed E-state index contributed by atoms with van der Waals surface area (Å²) in [7, 11) is 0. The summed E-state index contributed by atoms with van der Waals surface area (Å²) in [5.74, 6) is -38.7. The molecular weight excluding hydrogens is 607 g/mol. The summed E-state index contributed by atoms with van der Waals surface area (Å²) in [5.41, 5.74) is -3.52. The molecule has 0 aromatic heterocycles. The van der Waals surface area contributed by atoms with Crippen LogP contribution in [0.4, 0.5) is 52.7 Å². The maximum Gasteiger partial charge on any atom is 0.387 e. The lowest BCUT2D eigenvalue weighted by molar-refractivity contribution is -0.416. The van der Waals surface area contributed by atoms with E-state index in [2.05, 4.69) is 4.74 Å². The Hall–Kier alpha value is -1.46. The first kappa shape index (κ1) is 29.6. The van der Waals surface area contributed by atoms with Crippen LogP contribution in [0.25, 0.3) is 0 Å². The Morgan fingerprint density at radius 2 is 1.24 bits per heavy atom. The second-order valence-electron chi connectivity index (χ2n) is 7.01. The van der Waals surface area contributed by atoms with Gasteiger partial charge < -0.3 is 9.84 Å². The van der Waals surface area contributed by atoms with Crippen LogP contribution in [0.3, 0.4) is 0 Å². The fourth-order valence-corrected chi connectivity index (χ4v) is 2.63. The Balaban J connectivity index is 3.21. The number of hydrogen-bond donors (Lipinski definition) is 1. The molecule has 1 N–H and O–H groups in total. The number of carbonyl (C=O) groups excluding carboxylic acids is 1. The highest BCUT2D eigenvalue weighted by atomic mass is 127. The van der Waals surface area contributed by atoms with Gasteiger partial charge in [-0.25, -0.2) is 4.79 Å². The number of halogens is 13. The third kappa shape index (κ3) is 5.30. The van der Waals surface area contributed by atoms with E-state index >= 15 is 0 Å². The largest absolute Gasteiger partial charge is 0.459 e. The predicted octanol–water partition coefficient (Wildman–Crippen LogP) is 6.08. The van der Waals surface area contributed by atoms with Gasteiger partial charge in [-0.3, -0.25) is 0 Å². The maximum atomic E-state index is 14.0. The minimum absolute atomic E-state index is 0.0776. The lowest BCUT2D eigenvalue weighted by Gasteiger charge is -2.41. The van der Waals surface area contributed by atoms with Crippen LogP contribution in [0.15, 0.2) is 30.3 Å². The molecule has 1 atom stereocenters. The number of carbonyl (C=O) groups is 1. The minimum atomic E-state index is -7.77. The van der Waals surface area contributed by atoms with E-state index in [0.29, 0.717) is 0 Å². The van der Waals surface area contributed by atoms with E-state index in [4.69, 9.17) is 0 Å². The molecule has 0 saturated carbocycles. The first-order chi connectivity index (χ1) is 14.5. The van der Waals surface area contributed by atoms with Crippen molar-refractivity contribution in [3.05, 3.63) is 35.9 Å². The third-order valence-electron chi connectivity index (χ3n) is 4.22. The molecule has 0 aliphatic heterocycles. The van der Waals surface area contributed by atoms with Gasteiger partial charge in [-0.2, -0.15) is 52.7 Å². The van der Waals surface area contributed by atoms with Gasteiger partial charge in [-0.15, -0.1) is 0 Å². The number of benzene rings is 1. The van der Waals surface area contributed by atoms with Crippen molar-refractivity contribution < 1.29 is 67.3 Å². The van der Waals surface area contributed by atoms with E-state index < -0.39 is 80.7 Å². The molecule has 1 aromatic carbocycles. The van der Waals surface area contributed by atoms with Crippen LogP contribution in [0.1, 0.15) is 18.9 Å². The van der Waals surface area contributed by atoms with Crippen molar-refractivity contribution in [3.8, 4) is 0 Å². The van der Waals surface area contributed by atoms with Crippen molar-refractivity contribution in [3.63, 3.8) is 0 Å². The van der Waals surface area contributed by atoms with E-state index in [9.17, 15) is 62.6 Å². The number of rotatable bonds is 10. The average molecular weight is 620 g/mol. The molecular formula is C17H13F12IO3. The molecule has 0 spiro atoms. The van der Waals surface area contributed by atoms with Gasteiger partial charge >= 0.3 is 39.5 Å². The smallest absolute Gasteiger partial charge is 0.387 e. The zero-order chi connectivity index (χ0) is 26.3. The molecule has 0 aliphatic carbocycles. The third-order valence-corrected chi connectivity index (χ3v) is 4.89. The van der Waals surface area contributed by atoms with Crippen molar-refractivity contribution in [1.82, 2.24) is 0 Å². The van der Waals surface area contributed by atoms with Crippen LogP contribution in [0, 0.1) is 0 Å². The van der Waals surface area contributed by atoms with Crippen LogP contribution in [0.2, 0.25) is 0 Å². The van der Waals surface area contributed by atoms with Crippen LogP contribution in [-0.4, -0.2) is 50.2 Å². The molecule has 1 rings (SSSR count). The van der Waals surface area contributed by atoms with Crippen LogP contribution in [0.5, 0.6) is 0 Å². The molecule has 190 valence electrons. The van der Waals surface area contributed by atoms with Crippen molar-refractivity contribution >= 4 is 28.6 Å². The fraction of sp³-hybridized carbons (Fsp3) is 0.588. The summed E-state index contributed by atoms with van der Waals surface area (Å²) >= 11 is -0.752. The lowest BCUT2D eigenvalue weighted by Crippen LogP contribution is -2.70. The maximum absolute atomic E-state index is 14.0. The van der Waals surface area contributed by atoms with Gasteiger partial charge in [0.2, 0.25) is 0 Å². The van der Waals surface area contributed by atoms with Gasteiger partial charge in [0, 0.05) is 22.6 Å². The number of ether oxygens (including phenoxy) is 1. The van der Waals surface area contributed by atoms with E-state index in [0.717, 1.165) is 0 Å². The number of aliphatic hydroxyl groups is 1. The molecule has 1 aromatic rings.